The molecule has 0 aromatic heterocycles. The van der Waals surface area contributed by atoms with E-state index < -0.39 is 5.41 Å². The summed E-state index contributed by atoms with van der Waals surface area (Å²) in [5.41, 5.74) is 5.98. The van der Waals surface area contributed by atoms with E-state index in [2.05, 4.69) is 5.32 Å². The van der Waals surface area contributed by atoms with E-state index in [0.717, 1.165) is 0 Å². The van der Waals surface area contributed by atoms with Crippen LogP contribution in [0.5, 0.6) is 0 Å². The van der Waals surface area contributed by atoms with E-state index in [-0.39, 0.29) is 11.7 Å². The topological polar surface area (TPSA) is 55.1 Å². The molecular weight excluding hydrogens is 207 g/mol. The number of rotatable bonds is 3. The second-order valence-electron chi connectivity index (χ2n) is 4.53. The number of nitrogen functional groups attached to an aromatic ring is 1. The molecule has 1 rings (SSSR count). The van der Waals surface area contributed by atoms with E-state index in [0.29, 0.717) is 17.8 Å². The number of anilines is 1. The van der Waals surface area contributed by atoms with Crippen molar-refractivity contribution in [2.45, 2.75) is 26.2 Å². The van der Waals surface area contributed by atoms with Crippen LogP contribution in [-0.4, -0.2) is 12.5 Å². The smallest absolute Gasteiger partial charge is 0.216 e. The maximum atomic E-state index is 13.7. The lowest BCUT2D eigenvalue weighted by atomic mass is 9.84. The number of amides is 1. The van der Waals surface area contributed by atoms with Gasteiger partial charge in [0.25, 0.3) is 0 Å². The van der Waals surface area contributed by atoms with Gasteiger partial charge in [-0.05, 0) is 17.7 Å². The summed E-state index contributed by atoms with van der Waals surface area (Å²) in [6.45, 7) is 5.58. The average molecular weight is 224 g/mol. The minimum absolute atomic E-state index is 0.121. The first-order valence-corrected chi connectivity index (χ1v) is 5.13. The molecule has 0 radical (unpaired) electrons. The van der Waals surface area contributed by atoms with Gasteiger partial charge in [-0.1, -0.05) is 19.9 Å². The van der Waals surface area contributed by atoms with Gasteiger partial charge in [0.15, 0.2) is 0 Å². The van der Waals surface area contributed by atoms with Gasteiger partial charge in [-0.25, -0.2) is 4.39 Å². The molecule has 1 amide bonds. The maximum Gasteiger partial charge on any atom is 0.216 e. The first-order chi connectivity index (χ1) is 7.33. The van der Waals surface area contributed by atoms with Crippen LogP contribution in [0.4, 0.5) is 10.1 Å². The van der Waals surface area contributed by atoms with Crippen LogP contribution in [0.25, 0.3) is 0 Å². The molecule has 0 atom stereocenters. The fraction of sp³-hybridized carbons (Fsp3) is 0.417. The molecule has 0 aliphatic carbocycles. The number of carbonyl (C=O) groups excluding carboxylic acids is 1. The quantitative estimate of drug-likeness (QED) is 0.769. The first kappa shape index (κ1) is 12.5. The Balaban J connectivity index is 2.92. The molecular formula is C12H17FN2O. The van der Waals surface area contributed by atoms with E-state index in [1.54, 1.807) is 12.1 Å². The second kappa shape index (κ2) is 4.51. The molecule has 0 spiro atoms. The molecule has 0 unspecified atom stereocenters. The number of halogens is 1. The predicted octanol–water partition coefficient (Wildman–Crippen LogP) is 1.82. The Labute approximate surface area is 94.8 Å². The standard InChI is InChI=1S/C12H17FN2O/c1-8(16)15-7-12(2,3)10-5-4-9(14)6-11(10)13/h4-6H,7,14H2,1-3H3,(H,15,16). The average Bonchev–Trinajstić information content (AvgIpc) is 2.14. The molecule has 3 N–H and O–H groups in total. The fourth-order valence-electron chi connectivity index (χ4n) is 1.52. The molecule has 0 bridgehead atoms. The third-order valence-electron chi connectivity index (χ3n) is 2.50. The summed E-state index contributed by atoms with van der Waals surface area (Å²) in [6.07, 6.45) is 0. The number of nitrogens with one attached hydrogen (secondary N) is 1. The number of hydrogen-bond acceptors (Lipinski definition) is 2. The Hall–Kier alpha value is -1.58. The minimum atomic E-state index is -0.455. The minimum Gasteiger partial charge on any atom is -0.399 e. The highest BCUT2D eigenvalue weighted by atomic mass is 19.1. The number of hydrogen-bond donors (Lipinski definition) is 2. The number of carbonyl (C=O) groups is 1. The van der Waals surface area contributed by atoms with Gasteiger partial charge in [0.05, 0.1) is 0 Å². The molecule has 0 saturated carbocycles. The van der Waals surface area contributed by atoms with Crippen molar-refractivity contribution in [1.29, 1.82) is 0 Å². The molecule has 0 aliphatic rings. The molecule has 3 nitrogen and oxygen atoms in total. The first-order valence-electron chi connectivity index (χ1n) is 5.13. The van der Waals surface area contributed by atoms with E-state index in [1.165, 1.54) is 13.0 Å². The van der Waals surface area contributed by atoms with Crippen molar-refractivity contribution in [1.82, 2.24) is 5.32 Å². The SMILES string of the molecule is CC(=O)NCC(C)(C)c1ccc(N)cc1F. The largest absolute Gasteiger partial charge is 0.399 e. The van der Waals surface area contributed by atoms with E-state index in [4.69, 9.17) is 5.73 Å². The van der Waals surface area contributed by atoms with Crippen molar-refractivity contribution in [3.8, 4) is 0 Å². The Bertz CT molecular complexity index is 402. The van der Waals surface area contributed by atoms with Gasteiger partial charge in [0.2, 0.25) is 5.91 Å². The lowest BCUT2D eigenvalue weighted by Gasteiger charge is -2.26. The van der Waals surface area contributed by atoms with Gasteiger partial charge >= 0.3 is 0 Å². The van der Waals surface area contributed by atoms with Crippen molar-refractivity contribution in [3.05, 3.63) is 29.6 Å². The zero-order valence-corrected chi connectivity index (χ0v) is 9.80. The van der Waals surface area contributed by atoms with E-state index in [1.807, 2.05) is 13.8 Å². The van der Waals surface area contributed by atoms with Crippen molar-refractivity contribution >= 4 is 11.6 Å². The summed E-state index contributed by atoms with van der Waals surface area (Å²) in [7, 11) is 0. The maximum absolute atomic E-state index is 13.7. The molecule has 1 aromatic rings. The highest BCUT2D eigenvalue weighted by molar-refractivity contribution is 5.72. The number of benzene rings is 1. The van der Waals surface area contributed by atoms with Crippen LogP contribution < -0.4 is 11.1 Å². The van der Waals surface area contributed by atoms with Crippen molar-refractivity contribution in [2.75, 3.05) is 12.3 Å². The Kier molecular flexibility index (Phi) is 3.52. The molecule has 0 heterocycles. The van der Waals surface area contributed by atoms with Gasteiger partial charge in [-0.15, -0.1) is 0 Å². The van der Waals surface area contributed by atoms with Crippen LogP contribution in [-0.2, 0) is 10.2 Å². The lowest BCUT2D eigenvalue weighted by molar-refractivity contribution is -0.119. The van der Waals surface area contributed by atoms with Gasteiger partial charge in [0.1, 0.15) is 5.82 Å². The second-order valence-corrected chi connectivity index (χ2v) is 4.53. The van der Waals surface area contributed by atoms with Gasteiger partial charge in [0, 0.05) is 24.6 Å². The van der Waals surface area contributed by atoms with Gasteiger partial charge in [-0.2, -0.15) is 0 Å². The summed E-state index contributed by atoms with van der Waals surface area (Å²) in [5.74, 6) is -0.459. The van der Waals surface area contributed by atoms with E-state index in [9.17, 15) is 9.18 Å². The normalized spacial score (nSPS) is 11.2. The molecule has 16 heavy (non-hydrogen) atoms. The summed E-state index contributed by atoms with van der Waals surface area (Å²) in [4.78, 5) is 10.8. The molecule has 88 valence electrons. The van der Waals surface area contributed by atoms with Crippen LogP contribution in [0.2, 0.25) is 0 Å². The fourth-order valence-corrected chi connectivity index (χ4v) is 1.52. The van der Waals surface area contributed by atoms with Crippen LogP contribution in [0.1, 0.15) is 26.3 Å². The van der Waals surface area contributed by atoms with Crippen molar-refractivity contribution < 1.29 is 9.18 Å². The van der Waals surface area contributed by atoms with Crippen LogP contribution in [0.15, 0.2) is 18.2 Å². The summed E-state index contributed by atoms with van der Waals surface area (Å²) in [5, 5.41) is 2.69. The zero-order valence-electron chi connectivity index (χ0n) is 9.80. The Morgan fingerprint density at radius 1 is 1.50 bits per heavy atom. The van der Waals surface area contributed by atoms with Crippen LogP contribution in [0.3, 0.4) is 0 Å². The van der Waals surface area contributed by atoms with E-state index >= 15 is 0 Å². The third-order valence-corrected chi connectivity index (χ3v) is 2.50. The highest BCUT2D eigenvalue weighted by Gasteiger charge is 2.24. The number of nitrogens with two attached hydrogens (primary N) is 1. The van der Waals surface area contributed by atoms with Gasteiger partial charge < -0.3 is 11.1 Å². The lowest BCUT2D eigenvalue weighted by Crippen LogP contribution is -2.36. The summed E-state index contributed by atoms with van der Waals surface area (Å²) >= 11 is 0. The molecule has 0 aliphatic heterocycles. The zero-order chi connectivity index (χ0) is 12.3. The highest BCUT2D eigenvalue weighted by Crippen LogP contribution is 2.26. The third kappa shape index (κ3) is 2.95. The molecule has 1 aromatic carbocycles. The Morgan fingerprint density at radius 3 is 2.62 bits per heavy atom. The van der Waals surface area contributed by atoms with Crippen LogP contribution >= 0.6 is 0 Å². The van der Waals surface area contributed by atoms with Crippen molar-refractivity contribution in [2.24, 2.45) is 0 Å². The molecule has 4 heteroatoms. The Morgan fingerprint density at radius 2 is 2.12 bits per heavy atom. The predicted molar refractivity (Wildman–Crippen MR) is 62.5 cm³/mol. The summed E-state index contributed by atoms with van der Waals surface area (Å²) in [6, 6.07) is 4.62. The van der Waals surface area contributed by atoms with Crippen molar-refractivity contribution in [3.63, 3.8) is 0 Å². The molecule has 0 saturated heterocycles. The van der Waals surface area contributed by atoms with Gasteiger partial charge in [-0.3, -0.25) is 4.79 Å². The van der Waals surface area contributed by atoms with Crippen LogP contribution in [0, 0.1) is 5.82 Å². The molecule has 0 fully saturated rings. The monoisotopic (exact) mass is 224 g/mol. The summed E-state index contributed by atoms with van der Waals surface area (Å²) < 4.78 is 13.7.